The summed E-state index contributed by atoms with van der Waals surface area (Å²) in [5.41, 5.74) is 1.52. The molecule has 0 spiro atoms. The first-order valence-corrected chi connectivity index (χ1v) is 10.4. The van der Waals surface area contributed by atoms with Crippen LogP contribution in [-0.4, -0.2) is 15.7 Å². The van der Waals surface area contributed by atoms with Gasteiger partial charge in [-0.15, -0.1) is 0 Å². The van der Waals surface area contributed by atoms with Crippen LogP contribution in [0.5, 0.6) is 5.75 Å². The number of furan rings is 1. The number of aromatic nitrogens is 2. The van der Waals surface area contributed by atoms with E-state index in [1.54, 1.807) is 53.2 Å². The molecule has 2 aromatic carbocycles. The highest BCUT2D eigenvalue weighted by molar-refractivity contribution is 6.31. The largest absolute Gasteiger partial charge is 0.486 e. The first kappa shape index (κ1) is 21.9. The Hall–Kier alpha value is -3.29. The maximum atomic E-state index is 13.3. The summed E-state index contributed by atoms with van der Waals surface area (Å²) < 4.78 is 26.1. The van der Waals surface area contributed by atoms with Gasteiger partial charge in [-0.3, -0.25) is 9.48 Å². The molecule has 0 atom stereocenters. The van der Waals surface area contributed by atoms with Crippen molar-refractivity contribution in [2.24, 2.45) is 0 Å². The zero-order valence-electron chi connectivity index (χ0n) is 16.9. The Morgan fingerprint density at radius 1 is 1.16 bits per heavy atom. The molecule has 0 saturated heterocycles. The van der Waals surface area contributed by atoms with Gasteiger partial charge in [-0.05, 0) is 55.0 Å². The second-order valence-electron chi connectivity index (χ2n) is 7.03. The highest BCUT2D eigenvalue weighted by Crippen LogP contribution is 2.21. The third-order valence-corrected chi connectivity index (χ3v) is 5.21. The van der Waals surface area contributed by atoms with E-state index in [-0.39, 0.29) is 12.4 Å². The van der Waals surface area contributed by atoms with Crippen LogP contribution in [0.4, 0.5) is 10.2 Å². The van der Waals surface area contributed by atoms with Gasteiger partial charge in [-0.2, -0.15) is 5.10 Å². The molecule has 0 fully saturated rings. The zero-order valence-corrected chi connectivity index (χ0v) is 18.5. The third kappa shape index (κ3) is 5.30. The molecular weight excluding hydrogens is 456 g/mol. The van der Waals surface area contributed by atoms with Crippen LogP contribution in [0.25, 0.3) is 0 Å². The molecule has 0 aliphatic rings. The number of rotatable bonds is 7. The molecule has 32 heavy (non-hydrogen) atoms. The van der Waals surface area contributed by atoms with Gasteiger partial charge in [0, 0.05) is 21.8 Å². The van der Waals surface area contributed by atoms with Gasteiger partial charge in [0.15, 0.2) is 11.6 Å². The summed E-state index contributed by atoms with van der Waals surface area (Å²) in [6.07, 6.45) is 0. The molecule has 2 aromatic heterocycles. The minimum atomic E-state index is -0.441. The van der Waals surface area contributed by atoms with Crippen LogP contribution >= 0.6 is 23.2 Å². The molecular formula is C23H18Cl2FN3O3. The molecule has 0 bridgehead atoms. The van der Waals surface area contributed by atoms with E-state index in [9.17, 15) is 9.18 Å². The fourth-order valence-corrected chi connectivity index (χ4v) is 3.42. The van der Waals surface area contributed by atoms with E-state index in [0.29, 0.717) is 39.5 Å². The van der Waals surface area contributed by atoms with Crippen LogP contribution < -0.4 is 10.1 Å². The summed E-state index contributed by atoms with van der Waals surface area (Å²) >= 11 is 12.0. The average Bonchev–Trinajstić information content (AvgIpc) is 3.35. The number of benzene rings is 2. The Bertz CT molecular complexity index is 1270. The molecule has 9 heteroatoms. The quantitative estimate of drug-likeness (QED) is 0.351. The van der Waals surface area contributed by atoms with Crippen molar-refractivity contribution in [1.29, 1.82) is 0 Å². The lowest BCUT2D eigenvalue weighted by Crippen LogP contribution is -2.12. The Kier molecular flexibility index (Phi) is 6.48. The van der Waals surface area contributed by atoms with E-state index in [0.717, 1.165) is 5.69 Å². The minimum absolute atomic E-state index is 0.128. The second-order valence-corrected chi connectivity index (χ2v) is 7.87. The van der Waals surface area contributed by atoms with E-state index < -0.39 is 11.7 Å². The molecule has 0 aliphatic heterocycles. The van der Waals surface area contributed by atoms with Crippen molar-refractivity contribution in [2.45, 2.75) is 20.1 Å². The van der Waals surface area contributed by atoms with Crippen LogP contribution in [0.3, 0.4) is 0 Å². The third-order valence-electron chi connectivity index (χ3n) is 4.62. The van der Waals surface area contributed by atoms with E-state index in [4.69, 9.17) is 32.4 Å². The lowest BCUT2D eigenvalue weighted by atomic mass is 10.2. The van der Waals surface area contributed by atoms with Gasteiger partial charge in [0.2, 0.25) is 0 Å². The number of aryl methyl sites for hydroxylation is 1. The highest BCUT2D eigenvalue weighted by Gasteiger charge is 2.15. The van der Waals surface area contributed by atoms with Gasteiger partial charge in [0.1, 0.15) is 23.9 Å². The maximum Gasteiger partial charge on any atom is 0.292 e. The zero-order chi connectivity index (χ0) is 22.7. The maximum absolute atomic E-state index is 13.3. The number of hydrogen-bond donors (Lipinski definition) is 1. The molecule has 1 N–H and O–H groups in total. The normalized spacial score (nSPS) is 10.9. The van der Waals surface area contributed by atoms with Gasteiger partial charge in [0.25, 0.3) is 5.91 Å². The minimum Gasteiger partial charge on any atom is -0.486 e. The Morgan fingerprint density at radius 2 is 2.00 bits per heavy atom. The van der Waals surface area contributed by atoms with Crippen molar-refractivity contribution in [3.63, 3.8) is 0 Å². The predicted octanol–water partition coefficient (Wildman–Crippen LogP) is 6.11. The Balaban J connectivity index is 1.38. The summed E-state index contributed by atoms with van der Waals surface area (Å²) in [7, 11) is 0. The first-order chi connectivity index (χ1) is 15.4. The van der Waals surface area contributed by atoms with Gasteiger partial charge < -0.3 is 14.5 Å². The van der Waals surface area contributed by atoms with Crippen molar-refractivity contribution < 1.29 is 18.3 Å². The molecule has 1 amide bonds. The fourth-order valence-electron chi connectivity index (χ4n) is 3.01. The SMILES string of the molecule is Cc1cc(NC(=O)c2ccc(COc3cccc(Cl)c3)o2)nn1Cc1ccc(F)cc1Cl. The Labute approximate surface area is 193 Å². The van der Waals surface area contributed by atoms with Crippen molar-refractivity contribution in [3.05, 3.63) is 99.3 Å². The van der Waals surface area contributed by atoms with Crippen LogP contribution in [-0.2, 0) is 13.2 Å². The number of nitrogens with zero attached hydrogens (tertiary/aromatic N) is 2. The molecule has 0 aliphatic carbocycles. The predicted molar refractivity (Wildman–Crippen MR) is 120 cm³/mol. The van der Waals surface area contributed by atoms with Gasteiger partial charge in [0.05, 0.1) is 6.54 Å². The first-order valence-electron chi connectivity index (χ1n) is 9.64. The van der Waals surface area contributed by atoms with E-state index in [1.165, 1.54) is 12.1 Å². The van der Waals surface area contributed by atoms with E-state index in [2.05, 4.69) is 10.4 Å². The lowest BCUT2D eigenvalue weighted by molar-refractivity contribution is 0.0992. The van der Waals surface area contributed by atoms with Crippen molar-refractivity contribution >= 4 is 34.9 Å². The molecule has 164 valence electrons. The molecule has 0 saturated carbocycles. The van der Waals surface area contributed by atoms with Crippen LogP contribution in [0, 0.1) is 12.7 Å². The van der Waals surface area contributed by atoms with Crippen LogP contribution in [0.15, 0.2) is 65.1 Å². The van der Waals surface area contributed by atoms with Gasteiger partial charge >= 0.3 is 0 Å². The average molecular weight is 474 g/mol. The smallest absolute Gasteiger partial charge is 0.292 e. The topological polar surface area (TPSA) is 69.3 Å². The number of ether oxygens (including phenoxy) is 1. The summed E-state index contributed by atoms with van der Waals surface area (Å²) in [4.78, 5) is 12.5. The van der Waals surface area contributed by atoms with Crippen LogP contribution in [0.1, 0.15) is 27.6 Å². The van der Waals surface area contributed by atoms with Crippen LogP contribution in [0.2, 0.25) is 10.0 Å². The number of anilines is 1. The summed E-state index contributed by atoms with van der Waals surface area (Å²) in [5.74, 6) is 0.732. The number of amides is 1. The number of halogens is 3. The molecule has 4 aromatic rings. The monoisotopic (exact) mass is 473 g/mol. The van der Waals surface area contributed by atoms with Crippen molar-refractivity contribution in [2.75, 3.05) is 5.32 Å². The molecule has 6 nitrogen and oxygen atoms in total. The number of carbonyl (C=O) groups excluding carboxylic acids is 1. The van der Waals surface area contributed by atoms with E-state index in [1.807, 2.05) is 6.92 Å². The molecule has 0 radical (unpaired) electrons. The number of hydrogen-bond acceptors (Lipinski definition) is 4. The highest BCUT2D eigenvalue weighted by atomic mass is 35.5. The van der Waals surface area contributed by atoms with Crippen molar-refractivity contribution in [1.82, 2.24) is 9.78 Å². The molecule has 4 rings (SSSR count). The second kappa shape index (κ2) is 9.46. The van der Waals surface area contributed by atoms with Gasteiger partial charge in [-0.25, -0.2) is 4.39 Å². The van der Waals surface area contributed by atoms with Gasteiger partial charge in [-0.1, -0.05) is 35.3 Å². The summed E-state index contributed by atoms with van der Waals surface area (Å²) in [6.45, 7) is 2.34. The lowest BCUT2D eigenvalue weighted by Gasteiger charge is -2.06. The van der Waals surface area contributed by atoms with E-state index >= 15 is 0 Å². The molecule has 0 unspecified atom stereocenters. The summed E-state index contributed by atoms with van der Waals surface area (Å²) in [6, 6.07) is 16.2. The standard InChI is InChI=1S/C23H18Cl2FN3O3/c1-14-9-22(28-29(14)12-15-5-6-17(26)11-20(15)25)27-23(30)21-8-7-19(32-21)13-31-18-4-2-3-16(24)10-18/h2-11H,12-13H2,1H3,(H,27,28,30). The molecule has 2 heterocycles. The number of nitrogens with one attached hydrogen (secondary N) is 1. The number of carbonyl (C=O) groups is 1. The summed E-state index contributed by atoms with van der Waals surface area (Å²) in [5, 5.41) is 7.97. The Morgan fingerprint density at radius 3 is 2.78 bits per heavy atom. The fraction of sp³-hybridized carbons (Fsp3) is 0.130. The van der Waals surface area contributed by atoms with Crippen molar-refractivity contribution in [3.8, 4) is 5.75 Å².